The van der Waals surface area contributed by atoms with Crippen LogP contribution in [0, 0.1) is 0 Å². The molecule has 0 fully saturated rings. The maximum atomic E-state index is 6.33. The van der Waals surface area contributed by atoms with Gasteiger partial charge in [0.2, 0.25) is 8.13 Å². The number of hydrogen-bond donors (Lipinski definition) is 0. The first-order valence-corrected chi connectivity index (χ1v) is 9.48. The van der Waals surface area contributed by atoms with Gasteiger partial charge in [-0.15, -0.1) is 0 Å². The maximum absolute atomic E-state index is 6.33. The number of hydrogen-bond acceptors (Lipinski definition) is 0. The molecule has 0 N–H and O–H groups in total. The molecule has 0 aromatic heterocycles. The number of rotatable bonds is 5. The lowest BCUT2D eigenvalue weighted by Crippen LogP contribution is -2.54. The van der Waals surface area contributed by atoms with Crippen molar-refractivity contribution in [2.75, 3.05) is 0 Å². The Labute approximate surface area is 175 Å². The lowest BCUT2D eigenvalue weighted by molar-refractivity contribution is 0.600. The van der Waals surface area contributed by atoms with Gasteiger partial charge in [-0.05, 0) is 17.5 Å². The van der Waals surface area contributed by atoms with Crippen molar-refractivity contribution in [2.45, 2.75) is 36.6 Å². The van der Waals surface area contributed by atoms with Crippen LogP contribution in [0.3, 0.4) is 0 Å². The average Bonchev–Trinajstić information content (AvgIpc) is 2.38. The Hall–Kier alpha value is 1.83. The molecular formula is C13H11Cl9. The van der Waals surface area contributed by atoms with Crippen LogP contribution in [0.25, 0.3) is 0 Å². The third-order valence-corrected chi connectivity index (χ3v) is 8.48. The van der Waals surface area contributed by atoms with Gasteiger partial charge in [-0.1, -0.05) is 142 Å². The van der Waals surface area contributed by atoms with Crippen molar-refractivity contribution in [3.05, 3.63) is 35.4 Å². The van der Waals surface area contributed by atoms with E-state index in [4.69, 9.17) is 104 Å². The maximum Gasteiger partial charge on any atom is 0.226 e. The zero-order chi connectivity index (χ0) is 17.4. The topological polar surface area (TPSA) is 0 Å². The van der Waals surface area contributed by atoms with E-state index in [0.717, 1.165) is 18.4 Å². The predicted octanol–water partition coefficient (Wildman–Crippen LogP) is 7.99. The highest BCUT2D eigenvalue weighted by Gasteiger charge is 2.68. The van der Waals surface area contributed by atoms with E-state index in [1.165, 1.54) is 0 Å². The van der Waals surface area contributed by atoms with Crippen LogP contribution in [-0.4, -0.2) is 12.5 Å². The number of benzene rings is 1. The van der Waals surface area contributed by atoms with Crippen molar-refractivity contribution < 1.29 is 0 Å². The summed E-state index contributed by atoms with van der Waals surface area (Å²) in [7, 11) is 0. The molecule has 126 valence electrons. The summed E-state index contributed by atoms with van der Waals surface area (Å²) in [6, 6.07) is 7.04. The third-order valence-electron chi connectivity index (χ3n) is 3.00. The quantitative estimate of drug-likeness (QED) is 0.370. The fourth-order valence-corrected chi connectivity index (χ4v) is 3.96. The first-order valence-electron chi connectivity index (χ1n) is 6.08. The molecule has 0 bridgehead atoms. The molecule has 0 spiro atoms. The Morgan fingerprint density at radius 3 is 1.55 bits per heavy atom. The number of aryl methyl sites for hydroxylation is 1. The van der Waals surface area contributed by atoms with Gasteiger partial charge in [0, 0.05) is 0 Å². The summed E-state index contributed by atoms with van der Waals surface area (Å²) in [6.07, 6.45) is 1.91. The Kier molecular flexibility index (Phi) is 7.56. The predicted molar refractivity (Wildman–Crippen MR) is 103 cm³/mol. The lowest BCUT2D eigenvalue weighted by Gasteiger charge is -2.44. The molecule has 0 saturated heterocycles. The molecule has 0 unspecified atom stereocenters. The van der Waals surface area contributed by atoms with Gasteiger partial charge in [-0.25, -0.2) is 0 Å². The van der Waals surface area contributed by atoms with Crippen molar-refractivity contribution in [1.82, 2.24) is 0 Å². The summed E-state index contributed by atoms with van der Waals surface area (Å²) < 4.78 is -8.64. The molecule has 0 amide bonds. The van der Waals surface area contributed by atoms with Crippen molar-refractivity contribution in [3.8, 4) is 0 Å². The largest absolute Gasteiger partial charge is 0.226 e. The summed E-state index contributed by atoms with van der Waals surface area (Å²) >= 11 is 54.5. The minimum atomic E-state index is -2.28. The zero-order valence-corrected chi connectivity index (χ0v) is 17.9. The zero-order valence-electron chi connectivity index (χ0n) is 11.1. The fourth-order valence-electron chi connectivity index (χ4n) is 1.73. The van der Waals surface area contributed by atoms with Crippen LogP contribution >= 0.6 is 104 Å². The monoisotopic (exact) mass is 482 g/mol. The van der Waals surface area contributed by atoms with Gasteiger partial charge in [-0.3, -0.25) is 0 Å². The minimum absolute atomic E-state index is 0.376. The van der Waals surface area contributed by atoms with Crippen LogP contribution in [0.15, 0.2) is 24.3 Å². The van der Waals surface area contributed by atoms with E-state index in [2.05, 4.69) is 6.92 Å². The van der Waals surface area contributed by atoms with Crippen molar-refractivity contribution in [3.63, 3.8) is 0 Å². The second-order valence-corrected chi connectivity index (χ2v) is 10.9. The van der Waals surface area contributed by atoms with E-state index in [0.29, 0.717) is 5.56 Å². The molecule has 0 radical (unpaired) electrons. The molecule has 1 rings (SSSR count). The summed E-state index contributed by atoms with van der Waals surface area (Å²) in [5.74, 6) is 0. The van der Waals surface area contributed by atoms with Gasteiger partial charge >= 0.3 is 0 Å². The van der Waals surface area contributed by atoms with Gasteiger partial charge in [0.1, 0.15) is 0 Å². The molecule has 0 aliphatic heterocycles. The standard InChI is InChI=1S/C13H11Cl9/c1-2-3-8-4-6-9(7-5-8)10(14,15)11(16,17)12(18,19)13(20,21)22/h4-7H,2-3H2,1H3. The van der Waals surface area contributed by atoms with Crippen LogP contribution in [0.2, 0.25) is 0 Å². The Morgan fingerprint density at radius 2 is 1.18 bits per heavy atom. The SMILES string of the molecule is CCCc1ccc(C(Cl)(Cl)C(Cl)(Cl)C(Cl)(Cl)C(Cl)(Cl)Cl)cc1. The molecule has 0 nitrogen and oxygen atoms in total. The molecule has 1 aromatic rings. The fraction of sp³-hybridized carbons (Fsp3) is 0.538. The van der Waals surface area contributed by atoms with E-state index in [1.807, 2.05) is 12.1 Å². The highest BCUT2D eigenvalue weighted by atomic mass is 35.6. The first-order chi connectivity index (χ1) is 9.79. The van der Waals surface area contributed by atoms with Gasteiger partial charge in [0.25, 0.3) is 0 Å². The lowest BCUT2D eigenvalue weighted by atomic mass is 10.0. The first kappa shape index (κ1) is 21.9. The molecule has 0 aliphatic rings. The van der Waals surface area contributed by atoms with Crippen LogP contribution in [0.5, 0.6) is 0 Å². The van der Waals surface area contributed by atoms with Gasteiger partial charge in [-0.2, -0.15) is 0 Å². The Morgan fingerprint density at radius 1 is 0.727 bits per heavy atom. The highest BCUT2D eigenvalue weighted by Crippen LogP contribution is 2.65. The van der Waals surface area contributed by atoms with Crippen LogP contribution < -0.4 is 0 Å². The normalized spacial score (nSPS) is 14.3. The van der Waals surface area contributed by atoms with E-state index in [9.17, 15) is 0 Å². The molecule has 0 aliphatic carbocycles. The Bertz CT molecular complexity index is 499. The van der Waals surface area contributed by atoms with Gasteiger partial charge in [0.15, 0.2) is 8.67 Å². The average molecular weight is 486 g/mol. The molecule has 22 heavy (non-hydrogen) atoms. The van der Waals surface area contributed by atoms with Crippen molar-refractivity contribution >= 4 is 104 Å². The van der Waals surface area contributed by atoms with Gasteiger partial charge in [0.05, 0.1) is 0 Å². The number of halogens is 9. The molecule has 0 heterocycles. The summed E-state index contributed by atoms with van der Waals surface area (Å²) in [5, 5.41) is 0. The van der Waals surface area contributed by atoms with Crippen molar-refractivity contribution in [2.24, 2.45) is 0 Å². The van der Waals surface area contributed by atoms with E-state index in [1.54, 1.807) is 12.1 Å². The minimum Gasteiger partial charge on any atom is -0.0943 e. The molecule has 0 saturated carbocycles. The van der Waals surface area contributed by atoms with Crippen molar-refractivity contribution in [1.29, 1.82) is 0 Å². The Balaban J connectivity index is 3.26. The van der Waals surface area contributed by atoms with Gasteiger partial charge < -0.3 is 0 Å². The summed E-state index contributed by atoms with van der Waals surface area (Å²) in [6.45, 7) is 2.07. The van der Waals surface area contributed by atoms with Crippen LogP contribution in [0.1, 0.15) is 24.5 Å². The number of alkyl halides is 9. The second kappa shape index (κ2) is 7.60. The van der Waals surface area contributed by atoms with E-state index < -0.39 is 16.8 Å². The third kappa shape index (κ3) is 4.14. The summed E-state index contributed by atoms with van der Waals surface area (Å²) in [5.41, 5.74) is 1.48. The van der Waals surface area contributed by atoms with Crippen LogP contribution in [0.4, 0.5) is 0 Å². The molecule has 0 atom stereocenters. The van der Waals surface area contributed by atoms with E-state index >= 15 is 0 Å². The molecule has 9 heteroatoms. The molecular weight excluding hydrogens is 475 g/mol. The summed E-state index contributed by atoms with van der Waals surface area (Å²) in [4.78, 5) is 0. The highest BCUT2D eigenvalue weighted by molar-refractivity contribution is 6.80. The van der Waals surface area contributed by atoms with Crippen LogP contribution in [-0.2, 0) is 10.8 Å². The van der Waals surface area contributed by atoms with E-state index in [-0.39, 0.29) is 0 Å². The molecule has 1 aromatic carbocycles. The second-order valence-electron chi connectivity index (χ2n) is 4.67. The smallest absolute Gasteiger partial charge is 0.0943 e.